The normalized spacial score (nSPS) is 12.3. The van der Waals surface area contributed by atoms with Crippen molar-refractivity contribution in [2.75, 3.05) is 32.9 Å². The first-order valence-electron chi connectivity index (χ1n) is 4.77. The molecule has 0 bridgehead atoms. The topological polar surface area (TPSA) is 61.4 Å². The van der Waals surface area contributed by atoms with Gasteiger partial charge in [-0.1, -0.05) is 0 Å². The van der Waals surface area contributed by atoms with Crippen LogP contribution < -0.4 is 10.6 Å². The third-order valence-electron chi connectivity index (χ3n) is 1.73. The van der Waals surface area contributed by atoms with E-state index in [0.29, 0.717) is 12.3 Å². The SMILES string of the molecule is CC(=O)NC(CS)C(=O)NCCN(C)C. The van der Waals surface area contributed by atoms with Gasteiger partial charge in [0.2, 0.25) is 11.8 Å². The number of rotatable bonds is 6. The lowest BCUT2D eigenvalue weighted by atomic mass is 10.3. The summed E-state index contributed by atoms with van der Waals surface area (Å²) in [5.41, 5.74) is 0. The number of nitrogens with zero attached hydrogens (tertiary/aromatic N) is 1. The van der Waals surface area contributed by atoms with E-state index < -0.39 is 6.04 Å². The highest BCUT2D eigenvalue weighted by Crippen LogP contribution is 1.88. The number of carbonyl (C=O) groups excluding carboxylic acids is 2. The van der Waals surface area contributed by atoms with Crippen LogP contribution in [-0.4, -0.2) is 55.7 Å². The molecule has 0 heterocycles. The number of nitrogens with one attached hydrogen (secondary N) is 2. The van der Waals surface area contributed by atoms with Crippen LogP contribution in [0.4, 0.5) is 0 Å². The van der Waals surface area contributed by atoms with Gasteiger partial charge in [-0.05, 0) is 14.1 Å². The third-order valence-corrected chi connectivity index (χ3v) is 2.10. The maximum atomic E-state index is 11.5. The Morgan fingerprint density at radius 2 is 2.00 bits per heavy atom. The molecule has 2 N–H and O–H groups in total. The lowest BCUT2D eigenvalue weighted by Gasteiger charge is -2.16. The highest BCUT2D eigenvalue weighted by molar-refractivity contribution is 7.80. The standard InChI is InChI=1S/C9H19N3O2S/c1-7(13)11-8(6-15)9(14)10-4-5-12(2)3/h8,15H,4-6H2,1-3H3,(H,10,14)(H,11,13). The Kier molecular flexibility index (Phi) is 7.15. The Labute approximate surface area is 96.0 Å². The second-order valence-corrected chi connectivity index (χ2v) is 3.90. The average Bonchev–Trinajstić information content (AvgIpc) is 2.13. The van der Waals surface area contributed by atoms with E-state index in [4.69, 9.17) is 0 Å². The van der Waals surface area contributed by atoms with Gasteiger partial charge in [0, 0.05) is 25.8 Å². The number of amides is 2. The molecule has 0 spiro atoms. The molecule has 2 amide bonds. The summed E-state index contributed by atoms with van der Waals surface area (Å²) in [6.45, 7) is 2.71. The van der Waals surface area contributed by atoms with Crippen molar-refractivity contribution >= 4 is 24.4 Å². The molecule has 88 valence electrons. The molecule has 0 aromatic heterocycles. The first kappa shape index (κ1) is 14.2. The van der Waals surface area contributed by atoms with Crippen LogP contribution in [0.15, 0.2) is 0 Å². The van der Waals surface area contributed by atoms with Crippen molar-refractivity contribution in [2.24, 2.45) is 0 Å². The zero-order valence-corrected chi connectivity index (χ0v) is 10.3. The van der Waals surface area contributed by atoms with Crippen molar-refractivity contribution in [2.45, 2.75) is 13.0 Å². The van der Waals surface area contributed by atoms with Crippen molar-refractivity contribution in [3.63, 3.8) is 0 Å². The summed E-state index contributed by atoms with van der Waals surface area (Å²) in [6.07, 6.45) is 0. The maximum Gasteiger partial charge on any atom is 0.243 e. The molecule has 0 aliphatic rings. The van der Waals surface area contributed by atoms with E-state index in [9.17, 15) is 9.59 Å². The highest BCUT2D eigenvalue weighted by Gasteiger charge is 2.16. The molecule has 0 aliphatic carbocycles. The monoisotopic (exact) mass is 233 g/mol. The summed E-state index contributed by atoms with van der Waals surface area (Å²) in [6, 6.07) is -0.548. The Morgan fingerprint density at radius 1 is 1.40 bits per heavy atom. The van der Waals surface area contributed by atoms with Gasteiger partial charge < -0.3 is 15.5 Å². The summed E-state index contributed by atoms with van der Waals surface area (Å²) in [5.74, 6) is -0.119. The molecule has 0 saturated heterocycles. The molecule has 0 aliphatic heterocycles. The second-order valence-electron chi connectivity index (χ2n) is 3.53. The molecule has 0 radical (unpaired) electrons. The van der Waals surface area contributed by atoms with E-state index in [2.05, 4.69) is 23.3 Å². The number of thiol groups is 1. The van der Waals surface area contributed by atoms with E-state index in [1.165, 1.54) is 6.92 Å². The lowest BCUT2D eigenvalue weighted by molar-refractivity contribution is -0.127. The van der Waals surface area contributed by atoms with Crippen LogP contribution in [0.2, 0.25) is 0 Å². The quantitative estimate of drug-likeness (QED) is 0.521. The molecule has 1 unspecified atom stereocenters. The van der Waals surface area contributed by atoms with E-state index in [0.717, 1.165) is 6.54 Å². The number of hydrogen-bond acceptors (Lipinski definition) is 4. The van der Waals surface area contributed by atoms with Crippen LogP contribution in [-0.2, 0) is 9.59 Å². The van der Waals surface area contributed by atoms with Crippen molar-refractivity contribution in [1.82, 2.24) is 15.5 Å². The van der Waals surface area contributed by atoms with Crippen molar-refractivity contribution in [3.05, 3.63) is 0 Å². The van der Waals surface area contributed by atoms with Crippen LogP contribution in [0.5, 0.6) is 0 Å². The number of hydrogen-bond donors (Lipinski definition) is 3. The predicted molar refractivity (Wildman–Crippen MR) is 63.0 cm³/mol. The third kappa shape index (κ3) is 7.21. The molecular weight excluding hydrogens is 214 g/mol. The summed E-state index contributed by atoms with van der Waals surface area (Å²) in [4.78, 5) is 24.2. The Morgan fingerprint density at radius 3 is 2.40 bits per heavy atom. The first-order valence-corrected chi connectivity index (χ1v) is 5.41. The molecule has 0 aromatic carbocycles. The van der Waals surface area contributed by atoms with Gasteiger partial charge in [0.1, 0.15) is 6.04 Å². The first-order chi connectivity index (χ1) is 6.97. The smallest absolute Gasteiger partial charge is 0.243 e. The fourth-order valence-electron chi connectivity index (χ4n) is 0.965. The zero-order valence-electron chi connectivity index (χ0n) is 9.41. The van der Waals surface area contributed by atoms with Gasteiger partial charge >= 0.3 is 0 Å². The van der Waals surface area contributed by atoms with Gasteiger partial charge in [0.15, 0.2) is 0 Å². The highest BCUT2D eigenvalue weighted by atomic mass is 32.1. The average molecular weight is 233 g/mol. The van der Waals surface area contributed by atoms with Crippen LogP contribution in [0.25, 0.3) is 0 Å². The van der Waals surface area contributed by atoms with Gasteiger partial charge in [-0.15, -0.1) is 0 Å². The van der Waals surface area contributed by atoms with E-state index in [-0.39, 0.29) is 11.8 Å². The van der Waals surface area contributed by atoms with Crippen LogP contribution >= 0.6 is 12.6 Å². The Hall–Kier alpha value is -0.750. The van der Waals surface area contributed by atoms with E-state index >= 15 is 0 Å². The van der Waals surface area contributed by atoms with Crippen molar-refractivity contribution in [3.8, 4) is 0 Å². The maximum absolute atomic E-state index is 11.5. The molecule has 0 rings (SSSR count). The summed E-state index contributed by atoms with van der Waals surface area (Å²) in [5, 5.41) is 5.25. The van der Waals surface area contributed by atoms with Gasteiger partial charge in [0.25, 0.3) is 0 Å². The molecule has 0 fully saturated rings. The van der Waals surface area contributed by atoms with Gasteiger partial charge in [-0.2, -0.15) is 12.6 Å². The molecule has 0 aromatic rings. The van der Waals surface area contributed by atoms with Crippen molar-refractivity contribution in [1.29, 1.82) is 0 Å². The molecule has 5 nitrogen and oxygen atoms in total. The van der Waals surface area contributed by atoms with E-state index in [1.54, 1.807) is 0 Å². The van der Waals surface area contributed by atoms with Crippen LogP contribution in [0, 0.1) is 0 Å². The minimum atomic E-state index is -0.548. The Bertz CT molecular complexity index is 221. The second kappa shape index (κ2) is 7.53. The van der Waals surface area contributed by atoms with Gasteiger partial charge in [-0.25, -0.2) is 0 Å². The summed E-state index contributed by atoms with van der Waals surface area (Å²) in [7, 11) is 3.85. The number of carbonyl (C=O) groups is 2. The Balaban J connectivity index is 3.88. The fraction of sp³-hybridized carbons (Fsp3) is 0.778. The van der Waals surface area contributed by atoms with Gasteiger partial charge in [0.05, 0.1) is 0 Å². The van der Waals surface area contributed by atoms with Crippen molar-refractivity contribution < 1.29 is 9.59 Å². The largest absolute Gasteiger partial charge is 0.353 e. The number of likely N-dealkylation sites (N-methyl/N-ethyl adjacent to an activating group) is 1. The van der Waals surface area contributed by atoms with Crippen LogP contribution in [0.1, 0.15) is 6.92 Å². The molecule has 1 atom stereocenters. The molecule has 0 saturated carbocycles. The van der Waals surface area contributed by atoms with Crippen LogP contribution in [0.3, 0.4) is 0 Å². The minimum Gasteiger partial charge on any atom is -0.353 e. The minimum absolute atomic E-state index is 0.193. The molecular formula is C9H19N3O2S. The predicted octanol–water partition coefficient (Wildman–Crippen LogP) is -0.901. The molecule has 6 heteroatoms. The zero-order chi connectivity index (χ0) is 11.8. The molecule has 15 heavy (non-hydrogen) atoms. The van der Waals surface area contributed by atoms with E-state index in [1.807, 2.05) is 19.0 Å². The van der Waals surface area contributed by atoms with Gasteiger partial charge in [-0.3, -0.25) is 9.59 Å². The lowest BCUT2D eigenvalue weighted by Crippen LogP contribution is -2.48. The summed E-state index contributed by atoms with van der Waals surface area (Å²) < 4.78 is 0. The summed E-state index contributed by atoms with van der Waals surface area (Å²) >= 11 is 4.01. The fourth-order valence-corrected chi connectivity index (χ4v) is 1.22.